The summed E-state index contributed by atoms with van der Waals surface area (Å²) in [5, 5.41) is 9.82. The summed E-state index contributed by atoms with van der Waals surface area (Å²) in [4.78, 5) is 33.3. The summed E-state index contributed by atoms with van der Waals surface area (Å²) in [6, 6.07) is 12.4. The monoisotopic (exact) mass is 535 g/mol. The number of carbonyl (C=O) groups is 1. The molecule has 37 heavy (non-hydrogen) atoms. The first kappa shape index (κ1) is 27.0. The average molecular weight is 536 g/mol. The summed E-state index contributed by atoms with van der Waals surface area (Å²) in [6.45, 7) is 9.94. The quantitative estimate of drug-likeness (QED) is 0.274. The summed E-state index contributed by atoms with van der Waals surface area (Å²) >= 11 is 6.83. The molecular formula is C28H33N5O2S2. The second kappa shape index (κ2) is 12.0. The molecule has 0 aliphatic carbocycles. The van der Waals surface area contributed by atoms with E-state index >= 15 is 0 Å². The van der Waals surface area contributed by atoms with E-state index in [0.717, 1.165) is 56.8 Å². The molecule has 194 valence electrons. The zero-order valence-electron chi connectivity index (χ0n) is 21.7. The lowest BCUT2D eigenvalue weighted by molar-refractivity contribution is -0.122. The number of aromatic nitrogens is 1. The van der Waals surface area contributed by atoms with Crippen LogP contribution < -0.4 is 15.4 Å². The van der Waals surface area contributed by atoms with Crippen molar-refractivity contribution in [2.45, 2.75) is 46.6 Å². The summed E-state index contributed by atoms with van der Waals surface area (Å²) in [6.07, 6.45) is 4.87. The molecule has 0 radical (unpaired) electrons. The number of thiocarbonyl (C=S) groups is 1. The first-order valence-corrected chi connectivity index (χ1v) is 14.1. The molecule has 4 rings (SSSR count). The van der Waals surface area contributed by atoms with E-state index in [1.54, 1.807) is 16.4 Å². The number of amides is 1. The van der Waals surface area contributed by atoms with Crippen molar-refractivity contribution < 1.29 is 4.79 Å². The van der Waals surface area contributed by atoms with Gasteiger partial charge in [0.25, 0.3) is 11.5 Å². The fraction of sp³-hybridized carbons (Fsp3) is 0.429. The number of thioether (sulfide) groups is 1. The Labute approximate surface area is 228 Å². The Hall–Kier alpha value is -3.09. The molecule has 2 saturated heterocycles. The Bertz CT molecular complexity index is 1300. The number of anilines is 2. The fourth-order valence-corrected chi connectivity index (χ4v) is 6.23. The maximum Gasteiger partial charge on any atom is 0.270 e. The summed E-state index contributed by atoms with van der Waals surface area (Å²) in [7, 11) is 0. The van der Waals surface area contributed by atoms with Crippen LogP contribution >= 0.6 is 24.0 Å². The minimum atomic E-state index is -0.285. The van der Waals surface area contributed by atoms with Gasteiger partial charge in [0.05, 0.1) is 4.91 Å². The van der Waals surface area contributed by atoms with Crippen LogP contribution in [0.25, 0.3) is 6.08 Å². The minimum Gasteiger partial charge on any atom is -0.368 e. The average Bonchev–Trinajstić information content (AvgIpc) is 3.18. The van der Waals surface area contributed by atoms with Crippen molar-refractivity contribution in [1.82, 2.24) is 9.47 Å². The van der Waals surface area contributed by atoms with Gasteiger partial charge in [-0.1, -0.05) is 61.9 Å². The van der Waals surface area contributed by atoms with Gasteiger partial charge in [0.2, 0.25) is 0 Å². The lowest BCUT2D eigenvalue weighted by Gasteiger charge is -2.39. The van der Waals surface area contributed by atoms with Gasteiger partial charge in [0.1, 0.15) is 21.8 Å². The molecule has 0 N–H and O–H groups in total. The molecule has 3 heterocycles. The molecule has 0 atom stereocenters. The highest BCUT2D eigenvalue weighted by molar-refractivity contribution is 8.26. The van der Waals surface area contributed by atoms with Crippen LogP contribution in [0, 0.1) is 18.3 Å². The third-order valence-corrected chi connectivity index (χ3v) is 8.38. The molecule has 1 aromatic carbocycles. The summed E-state index contributed by atoms with van der Waals surface area (Å²) < 4.78 is 2.24. The number of carbonyl (C=O) groups excluding carboxylic acids is 1. The highest BCUT2D eigenvalue weighted by atomic mass is 32.2. The van der Waals surface area contributed by atoms with Gasteiger partial charge in [0.15, 0.2) is 0 Å². The second-order valence-corrected chi connectivity index (χ2v) is 10.9. The third-order valence-electron chi connectivity index (χ3n) is 7.00. The first-order chi connectivity index (χ1) is 17.9. The molecular weight excluding hydrogens is 502 g/mol. The van der Waals surface area contributed by atoms with Crippen molar-refractivity contribution in [2.75, 3.05) is 42.5 Å². The van der Waals surface area contributed by atoms with Crippen molar-refractivity contribution in [3.63, 3.8) is 0 Å². The zero-order valence-corrected chi connectivity index (χ0v) is 23.3. The normalized spacial score (nSPS) is 17.1. The molecule has 1 amide bonds. The smallest absolute Gasteiger partial charge is 0.270 e. The van der Waals surface area contributed by atoms with Gasteiger partial charge in [0, 0.05) is 50.5 Å². The fourth-order valence-electron chi connectivity index (χ4n) is 4.94. The Balaban J connectivity index is 1.73. The van der Waals surface area contributed by atoms with E-state index in [0.29, 0.717) is 27.9 Å². The highest BCUT2D eigenvalue weighted by Crippen LogP contribution is 2.36. The Morgan fingerprint density at radius 2 is 1.73 bits per heavy atom. The molecule has 0 spiro atoms. The number of benzene rings is 1. The van der Waals surface area contributed by atoms with Crippen LogP contribution in [0.5, 0.6) is 0 Å². The van der Waals surface area contributed by atoms with Crippen LogP contribution in [0.1, 0.15) is 49.8 Å². The Morgan fingerprint density at radius 3 is 2.35 bits per heavy atom. The van der Waals surface area contributed by atoms with E-state index in [2.05, 4.69) is 34.9 Å². The van der Waals surface area contributed by atoms with Crippen LogP contribution in [0.15, 0.2) is 40.0 Å². The van der Waals surface area contributed by atoms with Gasteiger partial charge in [-0.3, -0.25) is 19.1 Å². The topological polar surface area (TPSA) is 72.6 Å². The molecule has 2 fully saturated rings. The predicted molar refractivity (Wildman–Crippen MR) is 156 cm³/mol. The van der Waals surface area contributed by atoms with Gasteiger partial charge < -0.3 is 9.80 Å². The van der Waals surface area contributed by atoms with Crippen LogP contribution in [0.2, 0.25) is 0 Å². The molecule has 0 unspecified atom stereocenters. The van der Waals surface area contributed by atoms with E-state index in [1.165, 1.54) is 17.4 Å². The molecule has 0 saturated carbocycles. The number of unbranched alkanes of at least 4 members (excludes halogenated alkanes) is 2. The number of pyridine rings is 1. The number of rotatable bonds is 8. The number of nitrogens with zero attached hydrogens (tertiary/aromatic N) is 5. The molecule has 1 aromatic heterocycles. The second-order valence-electron chi connectivity index (χ2n) is 9.25. The number of hydrogen-bond donors (Lipinski definition) is 0. The Morgan fingerprint density at radius 1 is 1.05 bits per heavy atom. The van der Waals surface area contributed by atoms with E-state index in [4.69, 9.17) is 12.2 Å². The summed E-state index contributed by atoms with van der Waals surface area (Å²) in [5.74, 6) is 0.672. The standard InChI is InChI=1S/C28H33N5O2S2/c1-4-6-10-13-33-27(35)24(37-28(33)36)18-22-20(3)23(19-29)26(34)32(5-2)25(22)31-16-14-30(15-17-31)21-11-8-7-9-12-21/h7-9,11-12,18H,4-6,10,13-17H2,1-3H3/b24-18+. The van der Waals surface area contributed by atoms with Crippen molar-refractivity contribution in [3.8, 4) is 6.07 Å². The van der Waals surface area contributed by atoms with Crippen LogP contribution in [-0.2, 0) is 11.3 Å². The van der Waals surface area contributed by atoms with E-state index < -0.39 is 0 Å². The van der Waals surface area contributed by atoms with Crippen molar-refractivity contribution in [2.24, 2.45) is 0 Å². The molecule has 2 aromatic rings. The Kier molecular flexibility index (Phi) is 8.72. The van der Waals surface area contributed by atoms with Gasteiger partial charge in [-0.05, 0) is 44.0 Å². The number of para-hydroxylation sites is 1. The number of piperazine rings is 1. The van der Waals surface area contributed by atoms with E-state index in [9.17, 15) is 14.9 Å². The first-order valence-electron chi connectivity index (χ1n) is 12.9. The lowest BCUT2D eigenvalue weighted by atomic mass is 10.0. The predicted octanol–water partition coefficient (Wildman–Crippen LogP) is 4.77. The lowest BCUT2D eigenvalue weighted by Crippen LogP contribution is -2.48. The SMILES string of the molecule is CCCCCN1C(=O)/C(=C\c2c(C)c(C#N)c(=O)n(CC)c2N2CCN(c3ccccc3)CC2)SC1=S. The van der Waals surface area contributed by atoms with Gasteiger partial charge in [-0.15, -0.1) is 0 Å². The maximum absolute atomic E-state index is 13.3. The molecule has 0 bridgehead atoms. The summed E-state index contributed by atoms with van der Waals surface area (Å²) in [5.41, 5.74) is 2.37. The van der Waals surface area contributed by atoms with Crippen LogP contribution in [0.3, 0.4) is 0 Å². The molecule has 2 aliphatic heterocycles. The van der Waals surface area contributed by atoms with E-state index in [1.807, 2.05) is 31.2 Å². The van der Waals surface area contributed by atoms with Crippen molar-refractivity contribution in [1.29, 1.82) is 5.26 Å². The minimum absolute atomic E-state index is 0.0990. The third kappa shape index (κ3) is 5.46. The van der Waals surface area contributed by atoms with E-state index in [-0.39, 0.29) is 17.0 Å². The molecule has 7 nitrogen and oxygen atoms in total. The van der Waals surface area contributed by atoms with Crippen molar-refractivity contribution in [3.05, 3.63) is 62.3 Å². The van der Waals surface area contributed by atoms with Gasteiger partial charge in [-0.2, -0.15) is 5.26 Å². The maximum atomic E-state index is 13.3. The van der Waals surface area contributed by atoms with Gasteiger partial charge >= 0.3 is 0 Å². The van der Waals surface area contributed by atoms with Crippen LogP contribution in [0.4, 0.5) is 11.5 Å². The van der Waals surface area contributed by atoms with Crippen molar-refractivity contribution >= 4 is 51.8 Å². The van der Waals surface area contributed by atoms with Gasteiger partial charge in [-0.25, -0.2) is 0 Å². The molecule has 2 aliphatic rings. The largest absolute Gasteiger partial charge is 0.368 e. The number of nitriles is 1. The molecule has 9 heteroatoms. The zero-order chi connectivity index (χ0) is 26.5. The highest BCUT2D eigenvalue weighted by Gasteiger charge is 2.33. The van der Waals surface area contributed by atoms with Crippen LogP contribution in [-0.4, -0.2) is 52.4 Å². The number of hydrogen-bond acceptors (Lipinski definition) is 7.